The van der Waals surface area contributed by atoms with Crippen molar-refractivity contribution < 1.29 is 9.53 Å². The van der Waals surface area contributed by atoms with Crippen LogP contribution in [0.2, 0.25) is 18.1 Å². The molecule has 1 N–H and O–H groups in total. The molecule has 0 unspecified atom stereocenters. The minimum atomic E-state index is -1.65. The Balaban J connectivity index is 2.59. The van der Waals surface area contributed by atoms with Gasteiger partial charge < -0.3 is 9.53 Å². The van der Waals surface area contributed by atoms with E-state index in [0.717, 1.165) is 19.4 Å². The zero-order chi connectivity index (χ0) is 14.0. The van der Waals surface area contributed by atoms with Gasteiger partial charge in [0, 0.05) is 13.2 Å². The molecule has 2 nitrogen and oxygen atoms in total. The molecule has 0 radical (unpaired) electrons. The van der Waals surface area contributed by atoms with Crippen molar-refractivity contribution in [2.45, 2.75) is 58.7 Å². The first-order valence-corrected chi connectivity index (χ1v) is 9.98. The number of hydrogen-bond donors (Lipinski definition) is 1. The first kappa shape index (κ1) is 15.9. The molecule has 0 amide bonds. The predicted octanol–water partition coefficient (Wildman–Crippen LogP) is 3.97. The molecule has 106 valence electrons. The summed E-state index contributed by atoms with van der Waals surface area (Å²) in [6.45, 7) is 14.7. The number of allylic oxidation sites excluding steroid dienone is 2. The van der Waals surface area contributed by atoms with E-state index < -0.39 is 8.32 Å². The Morgan fingerprint density at radius 1 is 1.33 bits per heavy atom. The summed E-state index contributed by atoms with van der Waals surface area (Å²) in [4.78, 5) is 0. The van der Waals surface area contributed by atoms with Crippen LogP contribution in [0.5, 0.6) is 0 Å². The van der Waals surface area contributed by atoms with Crippen molar-refractivity contribution in [2.24, 2.45) is 11.8 Å². The van der Waals surface area contributed by atoms with Crippen molar-refractivity contribution in [3.63, 3.8) is 0 Å². The van der Waals surface area contributed by atoms with Gasteiger partial charge in [-0.2, -0.15) is 0 Å². The topological polar surface area (TPSA) is 29.5 Å². The lowest BCUT2D eigenvalue weighted by molar-refractivity contribution is 0.119. The fourth-order valence-corrected chi connectivity index (χ4v) is 3.22. The highest BCUT2D eigenvalue weighted by molar-refractivity contribution is 6.74. The van der Waals surface area contributed by atoms with Gasteiger partial charge in [0.25, 0.3) is 0 Å². The van der Waals surface area contributed by atoms with E-state index in [0.29, 0.717) is 11.8 Å². The average molecular weight is 270 g/mol. The third kappa shape index (κ3) is 3.94. The normalized spacial score (nSPS) is 26.1. The largest absolute Gasteiger partial charge is 0.417 e. The van der Waals surface area contributed by atoms with Crippen molar-refractivity contribution in [1.82, 2.24) is 0 Å². The molecule has 3 heteroatoms. The molecule has 0 spiro atoms. The maximum atomic E-state index is 9.46. The zero-order valence-electron chi connectivity index (χ0n) is 12.9. The van der Waals surface area contributed by atoms with Crippen molar-refractivity contribution in [3.05, 3.63) is 11.6 Å². The van der Waals surface area contributed by atoms with Gasteiger partial charge in [0.2, 0.25) is 0 Å². The third-order valence-corrected chi connectivity index (χ3v) is 9.22. The van der Waals surface area contributed by atoms with Crippen LogP contribution in [0, 0.1) is 11.8 Å². The summed E-state index contributed by atoms with van der Waals surface area (Å²) in [6.07, 6.45) is 4.36. The Bertz CT molecular complexity index is 302. The fourth-order valence-electron chi connectivity index (χ4n) is 2.16. The Labute approximate surface area is 114 Å². The lowest BCUT2D eigenvalue weighted by atomic mass is 9.81. The maximum absolute atomic E-state index is 9.46. The Morgan fingerprint density at radius 3 is 2.44 bits per heavy atom. The summed E-state index contributed by atoms with van der Waals surface area (Å²) in [5.74, 6) is 0.882. The van der Waals surface area contributed by atoms with Crippen LogP contribution in [-0.4, -0.2) is 26.6 Å². The van der Waals surface area contributed by atoms with Crippen molar-refractivity contribution in [3.8, 4) is 0 Å². The molecule has 0 aromatic heterocycles. The van der Waals surface area contributed by atoms with E-state index in [9.17, 15) is 5.11 Å². The van der Waals surface area contributed by atoms with Crippen LogP contribution in [0.25, 0.3) is 0 Å². The summed E-state index contributed by atoms with van der Waals surface area (Å²) >= 11 is 0. The molecule has 0 saturated carbocycles. The van der Waals surface area contributed by atoms with Gasteiger partial charge in [-0.3, -0.25) is 0 Å². The van der Waals surface area contributed by atoms with Crippen LogP contribution in [0.1, 0.15) is 40.5 Å². The predicted molar refractivity (Wildman–Crippen MR) is 80.2 cm³/mol. The molecule has 1 aliphatic rings. The van der Waals surface area contributed by atoms with Crippen LogP contribution in [0.15, 0.2) is 11.6 Å². The van der Waals surface area contributed by atoms with E-state index >= 15 is 0 Å². The number of rotatable bonds is 4. The SMILES string of the molecule is CC1=CC[C@@H](CO)[C@H](CO[Si](C)(C)C(C)(C)C)C1. The Kier molecular flexibility index (Phi) is 5.21. The molecule has 1 rings (SSSR count). The molecule has 0 heterocycles. The molecule has 2 atom stereocenters. The molecule has 1 aliphatic carbocycles. The summed E-state index contributed by atoms with van der Waals surface area (Å²) < 4.78 is 6.31. The second-order valence-corrected chi connectivity index (χ2v) is 12.1. The highest BCUT2D eigenvalue weighted by Crippen LogP contribution is 2.38. The highest BCUT2D eigenvalue weighted by Gasteiger charge is 2.38. The van der Waals surface area contributed by atoms with Crippen LogP contribution in [0.3, 0.4) is 0 Å². The van der Waals surface area contributed by atoms with E-state index in [-0.39, 0.29) is 11.6 Å². The molecule has 18 heavy (non-hydrogen) atoms. The lowest BCUT2D eigenvalue weighted by Crippen LogP contribution is -2.43. The van der Waals surface area contributed by atoms with Crippen molar-refractivity contribution in [1.29, 1.82) is 0 Å². The van der Waals surface area contributed by atoms with Gasteiger partial charge >= 0.3 is 0 Å². The van der Waals surface area contributed by atoms with E-state index in [1.165, 1.54) is 5.57 Å². The molecule has 0 aromatic rings. The van der Waals surface area contributed by atoms with E-state index in [4.69, 9.17) is 4.43 Å². The summed E-state index contributed by atoms with van der Waals surface area (Å²) in [5.41, 5.74) is 1.45. The minimum Gasteiger partial charge on any atom is -0.417 e. The number of aliphatic hydroxyl groups is 1. The summed E-state index contributed by atoms with van der Waals surface area (Å²) in [5, 5.41) is 9.73. The lowest BCUT2D eigenvalue weighted by Gasteiger charge is -2.39. The van der Waals surface area contributed by atoms with Gasteiger partial charge in [-0.1, -0.05) is 32.4 Å². The highest BCUT2D eigenvalue weighted by atomic mass is 28.4. The van der Waals surface area contributed by atoms with Gasteiger partial charge in [-0.25, -0.2) is 0 Å². The van der Waals surface area contributed by atoms with Crippen LogP contribution in [-0.2, 0) is 4.43 Å². The van der Waals surface area contributed by atoms with Gasteiger partial charge in [0.15, 0.2) is 8.32 Å². The standard InChI is InChI=1S/C15H30O2Si/c1-12-7-8-13(10-16)14(9-12)11-17-18(5,6)15(2,3)4/h7,13-14,16H,8-11H2,1-6H3/t13-,14-/m0/s1. The van der Waals surface area contributed by atoms with E-state index in [2.05, 4.69) is 46.9 Å². The molecule has 0 bridgehead atoms. The quantitative estimate of drug-likeness (QED) is 0.618. The Hall–Kier alpha value is -0.123. The van der Waals surface area contributed by atoms with Crippen LogP contribution in [0.4, 0.5) is 0 Å². The second kappa shape index (κ2) is 5.89. The van der Waals surface area contributed by atoms with E-state index in [1.807, 2.05) is 0 Å². The first-order chi connectivity index (χ1) is 8.17. The van der Waals surface area contributed by atoms with E-state index in [1.54, 1.807) is 0 Å². The van der Waals surface area contributed by atoms with Gasteiger partial charge in [0.05, 0.1) is 0 Å². The van der Waals surface area contributed by atoms with Crippen LogP contribution < -0.4 is 0 Å². The average Bonchev–Trinajstić information content (AvgIpc) is 2.25. The maximum Gasteiger partial charge on any atom is 0.191 e. The first-order valence-electron chi connectivity index (χ1n) is 7.08. The van der Waals surface area contributed by atoms with Gasteiger partial charge in [-0.05, 0) is 49.7 Å². The zero-order valence-corrected chi connectivity index (χ0v) is 13.9. The molecule has 0 aliphatic heterocycles. The monoisotopic (exact) mass is 270 g/mol. The van der Waals surface area contributed by atoms with Gasteiger partial charge in [-0.15, -0.1) is 0 Å². The van der Waals surface area contributed by atoms with Crippen molar-refractivity contribution >= 4 is 8.32 Å². The fraction of sp³-hybridized carbons (Fsp3) is 0.867. The molecule has 0 aromatic carbocycles. The molecular weight excluding hydrogens is 240 g/mol. The minimum absolute atomic E-state index is 0.265. The molecule has 0 fully saturated rings. The smallest absolute Gasteiger partial charge is 0.191 e. The number of aliphatic hydroxyl groups excluding tert-OH is 1. The summed E-state index contributed by atoms with van der Waals surface area (Å²) in [7, 11) is -1.65. The Morgan fingerprint density at radius 2 is 1.94 bits per heavy atom. The molecular formula is C15H30O2Si. The number of hydrogen-bond acceptors (Lipinski definition) is 2. The summed E-state index contributed by atoms with van der Waals surface area (Å²) in [6, 6.07) is 0. The van der Waals surface area contributed by atoms with Crippen molar-refractivity contribution in [2.75, 3.05) is 13.2 Å². The third-order valence-electron chi connectivity index (χ3n) is 4.72. The van der Waals surface area contributed by atoms with Crippen LogP contribution >= 0.6 is 0 Å². The second-order valence-electron chi connectivity index (χ2n) is 7.26. The van der Waals surface area contributed by atoms with Gasteiger partial charge in [0.1, 0.15) is 0 Å². The molecule has 0 saturated heterocycles.